The Balaban J connectivity index is 1.80. The van der Waals surface area contributed by atoms with Crippen molar-refractivity contribution in [2.24, 2.45) is 0 Å². The van der Waals surface area contributed by atoms with Gasteiger partial charge in [-0.2, -0.15) is 0 Å². The first-order valence-electron chi connectivity index (χ1n) is 6.66. The third kappa shape index (κ3) is 1.62. The van der Waals surface area contributed by atoms with E-state index in [-0.39, 0.29) is 0 Å². The molecule has 4 rings (SSSR count). The Morgan fingerprint density at radius 1 is 0.826 bits per heavy atom. The van der Waals surface area contributed by atoms with Crippen molar-refractivity contribution < 1.29 is 51.8 Å². The van der Waals surface area contributed by atoms with Crippen molar-refractivity contribution >= 4 is 31.8 Å². The molecule has 15 heteroatoms. The molecular weight excluding hydrogens is 390 g/mol. The summed E-state index contributed by atoms with van der Waals surface area (Å²) < 4.78 is 48.1. The summed E-state index contributed by atoms with van der Waals surface area (Å²) in [6.45, 7) is 6.09. The van der Waals surface area contributed by atoms with Gasteiger partial charge in [-0.3, -0.25) is 27.2 Å². The predicted molar refractivity (Wildman–Crippen MR) is 75.4 cm³/mol. The van der Waals surface area contributed by atoms with Crippen molar-refractivity contribution in [2.45, 2.75) is 48.1 Å². The molecule has 0 unspecified atom stereocenters. The van der Waals surface area contributed by atoms with E-state index in [1.165, 1.54) is 0 Å². The van der Waals surface area contributed by atoms with Gasteiger partial charge in [0.25, 0.3) is 0 Å². The van der Waals surface area contributed by atoms with E-state index >= 15 is 0 Å². The van der Waals surface area contributed by atoms with Crippen molar-refractivity contribution in [1.82, 2.24) is 0 Å². The summed E-state index contributed by atoms with van der Waals surface area (Å²) >= 11 is 0. The largest absolute Gasteiger partial charge is 0.449 e. The highest BCUT2D eigenvalue weighted by Crippen LogP contribution is 3.02. The van der Waals surface area contributed by atoms with Crippen molar-refractivity contribution in [3.63, 3.8) is 0 Å². The van der Waals surface area contributed by atoms with E-state index in [1.807, 2.05) is 0 Å². The van der Waals surface area contributed by atoms with Gasteiger partial charge >= 0.3 is 34.6 Å². The molecule has 0 aromatic heterocycles. The topological polar surface area (TPSA) is 174 Å². The smallest absolute Gasteiger partial charge is 0.402 e. The standard InChI is InChI=1S/C8H16O11P2Si2/c1-22(2,3)19-23(4,5(9,10)7-15-20(7,13)16-7)6(11,12)8-17-21(8,14)18-8/h9-12H,1-4H3. The average molecular weight is 406 g/mol. The van der Waals surface area contributed by atoms with Crippen LogP contribution in [0.25, 0.3) is 0 Å². The molecule has 23 heavy (non-hydrogen) atoms. The van der Waals surface area contributed by atoms with Gasteiger partial charge in [0.15, 0.2) is 8.32 Å². The molecule has 4 aliphatic heterocycles. The Hall–Kier alpha value is 0.534. The van der Waals surface area contributed by atoms with E-state index in [4.69, 9.17) is 22.2 Å². The Bertz CT molecular complexity index is 656. The van der Waals surface area contributed by atoms with E-state index < -0.39 is 53.7 Å². The van der Waals surface area contributed by atoms with E-state index in [9.17, 15) is 29.6 Å². The number of rotatable bonds is 6. The molecule has 0 aliphatic carbocycles. The Kier molecular flexibility index (Phi) is 2.69. The van der Waals surface area contributed by atoms with Gasteiger partial charge in [0.1, 0.15) is 0 Å². The maximum absolute atomic E-state index is 11.8. The number of hydrogen-bond acceptors (Lipinski definition) is 11. The summed E-state index contributed by atoms with van der Waals surface area (Å²) in [4.78, 5) is 0. The highest BCUT2D eigenvalue weighted by atomic mass is 31.2. The van der Waals surface area contributed by atoms with Crippen molar-refractivity contribution in [1.29, 1.82) is 0 Å². The monoisotopic (exact) mass is 406 g/mol. The van der Waals surface area contributed by atoms with Crippen molar-refractivity contribution in [2.75, 3.05) is 0 Å². The third-order valence-corrected chi connectivity index (χ3v) is 15.9. The molecule has 0 aromatic rings. The van der Waals surface area contributed by atoms with Gasteiger partial charge in [0.2, 0.25) is 10.8 Å². The van der Waals surface area contributed by atoms with Crippen LogP contribution < -0.4 is 0 Å². The van der Waals surface area contributed by atoms with Gasteiger partial charge in [-0.15, -0.1) is 0 Å². The number of aliphatic hydroxyl groups is 4. The normalized spacial score (nSPS) is 49.7. The quantitative estimate of drug-likeness (QED) is 0.197. The highest BCUT2D eigenvalue weighted by molar-refractivity contribution is 7.69. The lowest BCUT2D eigenvalue weighted by atomic mass is 10.6. The Morgan fingerprint density at radius 3 is 1.26 bits per heavy atom. The van der Waals surface area contributed by atoms with Crippen LogP contribution in [0.3, 0.4) is 0 Å². The average Bonchev–Trinajstić information content (AvgIpc) is 3.15. The van der Waals surface area contributed by atoms with Gasteiger partial charge in [-0.05, 0) is 26.2 Å². The minimum Gasteiger partial charge on any atom is -0.449 e. The third-order valence-electron chi connectivity index (χ3n) is 4.29. The molecule has 4 heterocycles. The van der Waals surface area contributed by atoms with E-state index in [0.717, 1.165) is 6.55 Å². The summed E-state index contributed by atoms with van der Waals surface area (Å²) in [5.74, 6) is 0. The number of fused-ring (bicyclic) bond motifs is 2. The zero-order valence-electron chi connectivity index (χ0n) is 12.5. The van der Waals surface area contributed by atoms with Crippen LogP contribution in [0.15, 0.2) is 0 Å². The molecule has 4 aliphatic rings. The molecule has 0 spiro atoms. The van der Waals surface area contributed by atoms with Crippen LogP contribution in [0, 0.1) is 0 Å². The van der Waals surface area contributed by atoms with Gasteiger partial charge in [0.05, 0.1) is 0 Å². The molecular formula is C8H16O11P2Si2. The summed E-state index contributed by atoms with van der Waals surface area (Å²) in [5, 5.41) is 42.4. The molecule has 132 valence electrons. The van der Waals surface area contributed by atoms with E-state index in [1.54, 1.807) is 19.6 Å². The predicted octanol–water partition coefficient (Wildman–Crippen LogP) is -0.332. The lowest BCUT2D eigenvalue weighted by Gasteiger charge is -2.47. The van der Waals surface area contributed by atoms with Gasteiger partial charge in [0, 0.05) is 0 Å². The summed E-state index contributed by atoms with van der Waals surface area (Å²) in [5.41, 5.74) is -10.7. The van der Waals surface area contributed by atoms with Crippen LogP contribution in [-0.2, 0) is 31.3 Å². The van der Waals surface area contributed by atoms with Crippen LogP contribution in [-0.4, -0.2) is 58.9 Å². The first kappa shape index (κ1) is 17.0. The molecule has 0 aromatic carbocycles. The van der Waals surface area contributed by atoms with Crippen molar-refractivity contribution in [3.8, 4) is 0 Å². The van der Waals surface area contributed by atoms with Crippen LogP contribution in [0.5, 0.6) is 0 Å². The molecule has 0 radical (unpaired) electrons. The first-order valence-corrected chi connectivity index (χ1v) is 15.6. The van der Waals surface area contributed by atoms with Crippen LogP contribution >= 0.6 is 15.2 Å². The second-order valence-corrected chi connectivity index (χ2v) is 19.5. The first-order chi connectivity index (χ1) is 10.0. The Morgan fingerprint density at radius 2 is 1.09 bits per heavy atom. The fraction of sp³-hybridized carbons (Fsp3) is 1.00. The zero-order chi connectivity index (χ0) is 17.5. The molecule has 4 saturated heterocycles. The van der Waals surface area contributed by atoms with Gasteiger partial charge < -0.3 is 24.5 Å². The number of hydrogen-bond donors (Lipinski definition) is 4. The molecule has 11 nitrogen and oxygen atoms in total. The summed E-state index contributed by atoms with van der Waals surface area (Å²) in [7, 11) is -14.5. The van der Waals surface area contributed by atoms with Crippen molar-refractivity contribution in [3.05, 3.63) is 0 Å². The lowest BCUT2D eigenvalue weighted by molar-refractivity contribution is -0.248. The fourth-order valence-corrected chi connectivity index (χ4v) is 16.4. The molecule has 4 N–H and O–H groups in total. The minimum atomic E-state index is -4.56. The molecule has 4 fully saturated rings. The second kappa shape index (κ2) is 3.65. The van der Waals surface area contributed by atoms with Crippen LogP contribution in [0.2, 0.25) is 26.2 Å². The van der Waals surface area contributed by atoms with Crippen LogP contribution in [0.1, 0.15) is 0 Å². The Labute approximate surface area is 132 Å². The van der Waals surface area contributed by atoms with Crippen LogP contribution in [0.4, 0.5) is 0 Å². The van der Waals surface area contributed by atoms with E-state index in [0.29, 0.717) is 0 Å². The minimum absolute atomic E-state index is 1.08. The summed E-state index contributed by atoms with van der Waals surface area (Å²) in [6.07, 6.45) is 0. The maximum atomic E-state index is 11.8. The maximum Gasteiger partial charge on any atom is 0.402 e. The highest BCUT2D eigenvalue weighted by Gasteiger charge is 3.08. The van der Waals surface area contributed by atoms with Gasteiger partial charge in [-0.1, -0.05) is 0 Å². The zero-order valence-corrected chi connectivity index (χ0v) is 16.3. The molecule has 0 saturated carbocycles. The lowest BCUT2D eigenvalue weighted by Crippen LogP contribution is -2.80. The molecule has 0 bridgehead atoms. The van der Waals surface area contributed by atoms with E-state index in [2.05, 4.69) is 0 Å². The summed E-state index contributed by atoms with van der Waals surface area (Å²) in [6, 6.07) is 0. The fourth-order valence-electron chi connectivity index (χ4n) is 2.82. The molecule has 0 amide bonds. The molecule has 0 atom stereocenters. The SMILES string of the molecule is C[Si](C)(C)O[Si](C)(C(O)(O)C12OP1(=O)O2)C(O)(O)C12OP1(=O)O2. The second-order valence-electron chi connectivity index (χ2n) is 7.12. The van der Waals surface area contributed by atoms with Gasteiger partial charge in [-0.25, -0.2) is 0 Å².